The van der Waals surface area contributed by atoms with Crippen LogP contribution in [0.4, 0.5) is 5.69 Å². The van der Waals surface area contributed by atoms with Gasteiger partial charge in [0, 0.05) is 5.69 Å². The lowest BCUT2D eigenvalue weighted by Crippen LogP contribution is -2.30. The predicted octanol–water partition coefficient (Wildman–Crippen LogP) is 1.40. The molecule has 0 saturated heterocycles. The number of nitrogens with zero attached hydrogens (tertiary/aromatic N) is 1. The van der Waals surface area contributed by atoms with E-state index >= 15 is 0 Å². The number of anilines is 1. The molecule has 2 aromatic carbocycles. The minimum Gasteiger partial charge on any atom is -0.496 e. The molecule has 0 radical (unpaired) electrons. The first-order valence-electron chi connectivity index (χ1n) is 7.88. The van der Waals surface area contributed by atoms with E-state index in [1.165, 1.54) is 32.2 Å². The molecular formula is C18H17N3O6S. The molecule has 0 aliphatic carbocycles. The third-order valence-electron chi connectivity index (χ3n) is 3.63. The Morgan fingerprint density at radius 3 is 2.54 bits per heavy atom. The molecule has 9 nitrogen and oxygen atoms in total. The molecule has 0 aliphatic heterocycles. The highest BCUT2D eigenvalue weighted by atomic mass is 32.2. The van der Waals surface area contributed by atoms with Crippen LogP contribution in [0.25, 0.3) is 0 Å². The van der Waals surface area contributed by atoms with Crippen LogP contribution in [0.5, 0.6) is 5.75 Å². The van der Waals surface area contributed by atoms with E-state index in [0.29, 0.717) is 11.3 Å². The highest BCUT2D eigenvalue weighted by Crippen LogP contribution is 2.23. The Morgan fingerprint density at radius 1 is 1.21 bits per heavy atom. The molecule has 3 N–H and O–H groups in total. The molecule has 0 aliphatic rings. The first-order chi connectivity index (χ1) is 13.2. The monoisotopic (exact) mass is 403 g/mol. The maximum absolute atomic E-state index is 12.4. The van der Waals surface area contributed by atoms with Gasteiger partial charge in [-0.05, 0) is 43.3 Å². The van der Waals surface area contributed by atoms with E-state index in [4.69, 9.17) is 19.9 Å². The zero-order valence-electron chi connectivity index (χ0n) is 15.0. The second kappa shape index (κ2) is 8.51. The number of nitriles is 1. The van der Waals surface area contributed by atoms with Crippen molar-refractivity contribution in [3.8, 4) is 11.8 Å². The predicted molar refractivity (Wildman–Crippen MR) is 99.0 cm³/mol. The van der Waals surface area contributed by atoms with Crippen LogP contribution in [0, 0.1) is 11.3 Å². The maximum Gasteiger partial charge on any atom is 0.342 e. The molecule has 10 heteroatoms. The van der Waals surface area contributed by atoms with Gasteiger partial charge in [-0.15, -0.1) is 0 Å². The van der Waals surface area contributed by atoms with Crippen LogP contribution < -0.4 is 15.2 Å². The molecule has 0 bridgehead atoms. The van der Waals surface area contributed by atoms with E-state index < -0.39 is 28.0 Å². The molecule has 2 aromatic rings. The second-order valence-electron chi connectivity index (χ2n) is 5.64. The van der Waals surface area contributed by atoms with Gasteiger partial charge in [-0.2, -0.15) is 5.26 Å². The zero-order chi connectivity index (χ0) is 20.9. The summed E-state index contributed by atoms with van der Waals surface area (Å²) in [6.07, 6.45) is -1.21. The van der Waals surface area contributed by atoms with Crippen molar-refractivity contribution >= 4 is 27.6 Å². The van der Waals surface area contributed by atoms with Crippen molar-refractivity contribution in [2.24, 2.45) is 5.14 Å². The lowest BCUT2D eigenvalue weighted by molar-refractivity contribution is -0.123. The van der Waals surface area contributed by atoms with Gasteiger partial charge in [-0.3, -0.25) is 4.79 Å². The van der Waals surface area contributed by atoms with E-state index in [1.54, 1.807) is 18.2 Å². The number of nitrogens with one attached hydrogen (secondary N) is 1. The van der Waals surface area contributed by atoms with Gasteiger partial charge in [0.2, 0.25) is 10.0 Å². The van der Waals surface area contributed by atoms with Crippen molar-refractivity contribution in [1.29, 1.82) is 5.26 Å². The summed E-state index contributed by atoms with van der Waals surface area (Å²) in [7, 11) is -2.75. The van der Waals surface area contributed by atoms with Crippen molar-refractivity contribution < 1.29 is 27.5 Å². The Morgan fingerprint density at radius 2 is 1.93 bits per heavy atom. The first kappa shape index (κ1) is 20.9. The number of hydrogen-bond acceptors (Lipinski definition) is 7. The van der Waals surface area contributed by atoms with Gasteiger partial charge in [0.25, 0.3) is 5.91 Å². The summed E-state index contributed by atoms with van der Waals surface area (Å²) in [4.78, 5) is 24.4. The van der Waals surface area contributed by atoms with Gasteiger partial charge < -0.3 is 14.8 Å². The molecule has 1 amide bonds. The number of methoxy groups -OCH3 is 1. The van der Waals surface area contributed by atoms with Gasteiger partial charge in [-0.1, -0.05) is 6.07 Å². The van der Waals surface area contributed by atoms with E-state index in [0.717, 1.165) is 6.07 Å². The van der Waals surface area contributed by atoms with Gasteiger partial charge in [0.1, 0.15) is 11.3 Å². The van der Waals surface area contributed by atoms with Crippen LogP contribution in [0.15, 0.2) is 47.4 Å². The normalized spacial score (nSPS) is 11.8. The van der Waals surface area contributed by atoms with Crippen LogP contribution >= 0.6 is 0 Å². The maximum atomic E-state index is 12.4. The van der Waals surface area contributed by atoms with E-state index in [1.807, 2.05) is 6.07 Å². The molecular weight excluding hydrogens is 386 g/mol. The summed E-state index contributed by atoms with van der Waals surface area (Å²) in [6.45, 7) is 1.34. The quantitative estimate of drug-likeness (QED) is 0.692. The van der Waals surface area contributed by atoms with Crippen molar-refractivity contribution in [2.75, 3.05) is 12.4 Å². The van der Waals surface area contributed by atoms with Crippen LogP contribution in [0.2, 0.25) is 0 Å². The number of nitrogens with two attached hydrogens (primary N) is 1. The number of amides is 1. The zero-order valence-corrected chi connectivity index (χ0v) is 15.8. The lowest BCUT2D eigenvalue weighted by Gasteiger charge is -2.15. The van der Waals surface area contributed by atoms with Gasteiger partial charge >= 0.3 is 5.97 Å². The van der Waals surface area contributed by atoms with Crippen molar-refractivity contribution in [1.82, 2.24) is 0 Å². The standard InChI is InChI=1S/C18H17N3O6S/c1-11(17(22)21-13-5-3-4-12(8-13)10-19)27-18(23)15-9-14(28(20,24)25)6-7-16(15)26-2/h3-9,11H,1-2H3,(H,21,22)(H2,20,24,25)/t11-/m0/s1. The summed E-state index contributed by atoms with van der Waals surface area (Å²) in [5.74, 6) is -1.53. The Balaban J connectivity index is 2.17. The fraction of sp³-hybridized carbons (Fsp3) is 0.167. The number of primary sulfonamides is 1. The molecule has 28 heavy (non-hydrogen) atoms. The Kier molecular flexibility index (Phi) is 6.35. The van der Waals surface area contributed by atoms with E-state index in [-0.39, 0.29) is 16.2 Å². The van der Waals surface area contributed by atoms with Crippen molar-refractivity contribution in [3.05, 3.63) is 53.6 Å². The molecule has 0 spiro atoms. The number of benzene rings is 2. The molecule has 2 rings (SSSR count). The molecule has 0 saturated carbocycles. The van der Waals surface area contributed by atoms with Crippen LogP contribution in [0.1, 0.15) is 22.8 Å². The topological polar surface area (TPSA) is 149 Å². The minimum atomic E-state index is -4.04. The fourth-order valence-corrected chi connectivity index (χ4v) is 2.75. The number of ether oxygens (including phenoxy) is 2. The number of rotatable bonds is 6. The number of hydrogen-bond donors (Lipinski definition) is 2. The number of sulfonamides is 1. The average Bonchev–Trinajstić information content (AvgIpc) is 2.66. The lowest BCUT2D eigenvalue weighted by atomic mass is 10.2. The summed E-state index contributed by atoms with van der Waals surface area (Å²) >= 11 is 0. The SMILES string of the molecule is COc1ccc(S(N)(=O)=O)cc1C(=O)O[C@@H](C)C(=O)Nc1cccc(C#N)c1. The smallest absolute Gasteiger partial charge is 0.342 e. The van der Waals surface area contributed by atoms with Crippen LogP contribution in [-0.4, -0.2) is 33.5 Å². The first-order valence-corrected chi connectivity index (χ1v) is 9.43. The fourth-order valence-electron chi connectivity index (χ4n) is 2.21. The largest absolute Gasteiger partial charge is 0.496 e. The Labute approximate surface area is 161 Å². The summed E-state index contributed by atoms with van der Waals surface area (Å²) in [5, 5.41) is 16.5. The Bertz CT molecular complexity index is 1060. The molecule has 146 valence electrons. The highest BCUT2D eigenvalue weighted by molar-refractivity contribution is 7.89. The molecule has 0 fully saturated rings. The molecule has 0 aromatic heterocycles. The van der Waals surface area contributed by atoms with Crippen molar-refractivity contribution in [3.63, 3.8) is 0 Å². The van der Waals surface area contributed by atoms with Crippen LogP contribution in [-0.2, 0) is 19.6 Å². The van der Waals surface area contributed by atoms with E-state index in [2.05, 4.69) is 5.32 Å². The number of carbonyl (C=O) groups excluding carboxylic acids is 2. The Hall–Kier alpha value is -3.42. The molecule has 0 heterocycles. The highest BCUT2D eigenvalue weighted by Gasteiger charge is 2.23. The third kappa shape index (κ3) is 5.06. The second-order valence-corrected chi connectivity index (χ2v) is 7.20. The number of esters is 1. The van der Waals surface area contributed by atoms with Crippen molar-refractivity contribution in [2.45, 2.75) is 17.9 Å². The average molecular weight is 403 g/mol. The molecule has 1 atom stereocenters. The van der Waals surface area contributed by atoms with E-state index in [9.17, 15) is 18.0 Å². The van der Waals surface area contributed by atoms with Gasteiger partial charge in [0.15, 0.2) is 6.10 Å². The summed E-state index contributed by atoms with van der Waals surface area (Å²) in [5.41, 5.74) is 0.521. The van der Waals surface area contributed by atoms with Gasteiger partial charge in [0.05, 0.1) is 23.6 Å². The summed E-state index contributed by atoms with van der Waals surface area (Å²) < 4.78 is 33.1. The van der Waals surface area contributed by atoms with Gasteiger partial charge in [-0.25, -0.2) is 18.4 Å². The minimum absolute atomic E-state index is 0.0618. The molecule has 0 unspecified atom stereocenters. The number of carbonyl (C=O) groups is 2. The van der Waals surface area contributed by atoms with Crippen LogP contribution in [0.3, 0.4) is 0 Å². The third-order valence-corrected chi connectivity index (χ3v) is 4.54. The summed E-state index contributed by atoms with van der Waals surface area (Å²) in [6, 6.07) is 11.6.